The van der Waals surface area contributed by atoms with Gasteiger partial charge in [-0.2, -0.15) is 0 Å². The number of nitrogens with one attached hydrogen (secondary N) is 1. The second-order valence-electron chi connectivity index (χ2n) is 4.88. The van der Waals surface area contributed by atoms with Gasteiger partial charge in [-0.15, -0.1) is 11.8 Å². The van der Waals surface area contributed by atoms with Gasteiger partial charge in [-0.25, -0.2) is 4.79 Å². The Bertz CT molecular complexity index is 674. The molecule has 2 aliphatic heterocycles. The maximum Gasteiger partial charge on any atom is 0.414 e. The molecule has 1 aromatic carbocycles. The van der Waals surface area contributed by atoms with Crippen LogP contribution in [-0.2, 0) is 9.53 Å². The van der Waals surface area contributed by atoms with Crippen LogP contribution in [0.25, 0.3) is 10.4 Å². The molecule has 3 rings (SSSR count). The number of carbonyl (C=O) groups is 2. The third kappa shape index (κ3) is 2.95. The normalized spacial score (nSPS) is 20.0. The molecular formula is C13H13N5O3S. The van der Waals surface area contributed by atoms with E-state index in [1.54, 1.807) is 6.07 Å². The lowest BCUT2D eigenvalue weighted by Gasteiger charge is -2.19. The van der Waals surface area contributed by atoms with Crippen LogP contribution in [0.4, 0.5) is 16.2 Å². The van der Waals surface area contributed by atoms with Crippen molar-refractivity contribution in [3.05, 3.63) is 28.6 Å². The van der Waals surface area contributed by atoms with Gasteiger partial charge in [0.2, 0.25) is 5.91 Å². The molecule has 2 heterocycles. The first-order chi connectivity index (χ1) is 10.7. The van der Waals surface area contributed by atoms with Gasteiger partial charge in [0.15, 0.2) is 0 Å². The topological polar surface area (TPSA) is 107 Å². The van der Waals surface area contributed by atoms with Crippen LogP contribution >= 0.6 is 11.8 Å². The van der Waals surface area contributed by atoms with Gasteiger partial charge in [0.1, 0.15) is 6.10 Å². The van der Waals surface area contributed by atoms with Crippen molar-refractivity contribution in [3.63, 3.8) is 0 Å². The van der Waals surface area contributed by atoms with Crippen molar-refractivity contribution in [2.45, 2.75) is 17.4 Å². The fourth-order valence-electron chi connectivity index (χ4n) is 2.37. The smallest absolute Gasteiger partial charge is 0.414 e. The molecule has 0 aromatic heterocycles. The summed E-state index contributed by atoms with van der Waals surface area (Å²) in [7, 11) is 0. The number of hydrogen-bond donors (Lipinski definition) is 1. The predicted octanol–water partition coefficient (Wildman–Crippen LogP) is 2.76. The van der Waals surface area contributed by atoms with Gasteiger partial charge in [0.25, 0.3) is 0 Å². The molecule has 1 aromatic rings. The number of cyclic esters (lactones) is 1. The van der Waals surface area contributed by atoms with Crippen LogP contribution in [0.3, 0.4) is 0 Å². The highest BCUT2D eigenvalue weighted by Gasteiger charge is 2.32. The van der Waals surface area contributed by atoms with Crippen molar-refractivity contribution in [3.8, 4) is 0 Å². The van der Waals surface area contributed by atoms with Crippen molar-refractivity contribution < 1.29 is 14.3 Å². The predicted molar refractivity (Wildman–Crippen MR) is 82.0 cm³/mol. The van der Waals surface area contributed by atoms with Crippen LogP contribution in [0.2, 0.25) is 0 Å². The first-order valence-electron chi connectivity index (χ1n) is 6.73. The van der Waals surface area contributed by atoms with Crippen molar-refractivity contribution in [2.75, 3.05) is 29.1 Å². The Labute approximate surface area is 130 Å². The Kier molecular flexibility index (Phi) is 4.08. The van der Waals surface area contributed by atoms with E-state index in [9.17, 15) is 9.59 Å². The summed E-state index contributed by atoms with van der Waals surface area (Å²) in [5.74, 6) is 0.352. The first-order valence-corrected chi connectivity index (χ1v) is 7.71. The monoisotopic (exact) mass is 319 g/mol. The van der Waals surface area contributed by atoms with Gasteiger partial charge in [-0.3, -0.25) is 9.69 Å². The van der Waals surface area contributed by atoms with E-state index in [1.165, 1.54) is 16.7 Å². The van der Waals surface area contributed by atoms with Crippen LogP contribution in [0.15, 0.2) is 28.2 Å². The molecule has 1 fully saturated rings. The van der Waals surface area contributed by atoms with E-state index in [0.29, 0.717) is 36.6 Å². The Morgan fingerprint density at radius 3 is 3.18 bits per heavy atom. The molecule has 0 aliphatic carbocycles. The number of thioether (sulfide) groups is 1. The molecule has 1 atom stereocenters. The van der Waals surface area contributed by atoms with E-state index < -0.39 is 6.09 Å². The number of fused-ring (bicyclic) bond motifs is 1. The summed E-state index contributed by atoms with van der Waals surface area (Å²) < 4.78 is 5.25. The van der Waals surface area contributed by atoms with Crippen LogP contribution in [0.5, 0.6) is 0 Å². The second kappa shape index (κ2) is 6.17. The number of amides is 2. The molecule has 0 spiro atoms. The molecule has 0 saturated carbocycles. The van der Waals surface area contributed by atoms with Crippen molar-refractivity contribution in [1.82, 2.24) is 0 Å². The lowest BCUT2D eigenvalue weighted by molar-refractivity contribution is -0.113. The van der Waals surface area contributed by atoms with Crippen LogP contribution in [-0.4, -0.2) is 36.9 Å². The van der Waals surface area contributed by atoms with E-state index in [4.69, 9.17) is 10.3 Å². The molecular weight excluding hydrogens is 306 g/mol. The molecule has 1 saturated heterocycles. The summed E-state index contributed by atoms with van der Waals surface area (Å²) in [5, 5.41) is 6.24. The van der Waals surface area contributed by atoms with Crippen LogP contribution < -0.4 is 10.2 Å². The highest BCUT2D eigenvalue weighted by atomic mass is 32.2. The Morgan fingerprint density at radius 2 is 2.36 bits per heavy atom. The minimum atomic E-state index is -0.430. The number of azide groups is 1. The third-order valence-electron chi connectivity index (χ3n) is 3.40. The van der Waals surface area contributed by atoms with Gasteiger partial charge in [0, 0.05) is 22.0 Å². The molecule has 0 unspecified atom stereocenters. The second-order valence-corrected chi connectivity index (χ2v) is 5.89. The van der Waals surface area contributed by atoms with Gasteiger partial charge in [-0.05, 0) is 30.2 Å². The highest BCUT2D eigenvalue weighted by Crippen LogP contribution is 2.35. The highest BCUT2D eigenvalue weighted by molar-refractivity contribution is 8.00. The quantitative estimate of drug-likeness (QED) is 0.523. The summed E-state index contributed by atoms with van der Waals surface area (Å²) in [6.45, 7) is 0.693. The van der Waals surface area contributed by atoms with Gasteiger partial charge in [-0.1, -0.05) is 5.11 Å². The maximum absolute atomic E-state index is 12.0. The van der Waals surface area contributed by atoms with Crippen LogP contribution in [0.1, 0.15) is 6.42 Å². The van der Waals surface area contributed by atoms with Crippen molar-refractivity contribution in [1.29, 1.82) is 0 Å². The van der Waals surface area contributed by atoms with E-state index in [2.05, 4.69) is 15.3 Å². The number of benzene rings is 1. The van der Waals surface area contributed by atoms with Crippen molar-refractivity contribution >= 4 is 35.1 Å². The lowest BCUT2D eigenvalue weighted by atomic mass is 10.2. The molecule has 1 N–H and O–H groups in total. The fourth-order valence-corrected chi connectivity index (χ4v) is 3.16. The summed E-state index contributed by atoms with van der Waals surface area (Å²) in [4.78, 5) is 28.6. The number of rotatable bonds is 4. The van der Waals surface area contributed by atoms with E-state index in [1.807, 2.05) is 12.1 Å². The van der Waals surface area contributed by atoms with Gasteiger partial charge in [0.05, 0.1) is 18.0 Å². The van der Waals surface area contributed by atoms with Crippen LogP contribution in [0, 0.1) is 0 Å². The van der Waals surface area contributed by atoms with E-state index >= 15 is 0 Å². The summed E-state index contributed by atoms with van der Waals surface area (Å²) in [6.07, 6.45) is -0.234. The fraction of sp³-hybridized carbons (Fsp3) is 0.385. The molecule has 2 aliphatic rings. The Hall–Kier alpha value is -2.38. The Morgan fingerprint density at radius 1 is 1.50 bits per heavy atom. The summed E-state index contributed by atoms with van der Waals surface area (Å²) >= 11 is 1.47. The molecule has 0 bridgehead atoms. The molecule has 0 radical (unpaired) electrons. The summed E-state index contributed by atoms with van der Waals surface area (Å²) in [6, 6.07) is 5.49. The zero-order chi connectivity index (χ0) is 15.5. The third-order valence-corrected chi connectivity index (χ3v) is 4.47. The van der Waals surface area contributed by atoms with Gasteiger partial charge >= 0.3 is 6.09 Å². The SMILES string of the molecule is [N-]=[N+]=NCC[C@@H]1CN(c2ccc3c(c2)NC(=O)CS3)C(=O)O1. The summed E-state index contributed by atoms with van der Waals surface area (Å²) in [5.41, 5.74) is 9.65. The molecule has 22 heavy (non-hydrogen) atoms. The number of anilines is 2. The average molecular weight is 319 g/mol. The molecule has 9 heteroatoms. The largest absolute Gasteiger partial charge is 0.444 e. The van der Waals surface area contributed by atoms with E-state index in [-0.39, 0.29) is 12.0 Å². The average Bonchev–Trinajstić information content (AvgIpc) is 2.87. The number of carbonyl (C=O) groups excluding carboxylic acids is 2. The lowest BCUT2D eigenvalue weighted by Crippen LogP contribution is -2.25. The molecule has 114 valence electrons. The minimum Gasteiger partial charge on any atom is -0.444 e. The number of hydrogen-bond acceptors (Lipinski definition) is 5. The number of nitrogens with zero attached hydrogens (tertiary/aromatic N) is 4. The standard InChI is InChI=1S/C13H13N5O3S/c14-17-15-4-3-9-6-18(13(20)21-9)8-1-2-11-10(5-8)16-12(19)7-22-11/h1-2,5,9H,3-4,6-7H2,(H,16,19)/t9-/m1/s1. The minimum absolute atomic E-state index is 0.0501. The molecule has 2 amide bonds. The Balaban J connectivity index is 1.74. The maximum atomic E-state index is 12.0. The zero-order valence-electron chi connectivity index (χ0n) is 11.6. The van der Waals surface area contributed by atoms with E-state index in [0.717, 1.165) is 4.90 Å². The first kappa shape index (κ1) is 14.6. The number of ether oxygens (including phenoxy) is 1. The van der Waals surface area contributed by atoms with Crippen molar-refractivity contribution in [2.24, 2.45) is 5.11 Å². The van der Waals surface area contributed by atoms with Gasteiger partial charge < -0.3 is 10.1 Å². The molecule has 8 nitrogen and oxygen atoms in total. The zero-order valence-corrected chi connectivity index (χ0v) is 12.4.